The number of amides is 2. The number of hydrogen-bond donors (Lipinski definition) is 0. The van der Waals surface area contributed by atoms with Gasteiger partial charge in [0.2, 0.25) is 11.8 Å². The Morgan fingerprint density at radius 2 is 1.38 bits per heavy atom. The number of Topliss-reactive ketones (excluding diaryl/α,β-unsaturated/α-hetero) is 1. The van der Waals surface area contributed by atoms with Crippen molar-refractivity contribution < 1.29 is 23.9 Å². The number of likely N-dealkylation sites (tertiary alicyclic amines) is 2. The molecule has 3 saturated heterocycles. The molecule has 3 aliphatic heterocycles. The molecular weight excluding hydrogens is 408 g/mol. The van der Waals surface area contributed by atoms with Crippen LogP contribution in [-0.4, -0.2) is 63.1 Å². The molecule has 0 bridgehead atoms. The fourth-order valence-electron chi connectivity index (χ4n) is 7.42. The summed E-state index contributed by atoms with van der Waals surface area (Å²) in [7, 11) is 0. The molecule has 0 aromatic carbocycles. The lowest BCUT2D eigenvalue weighted by molar-refractivity contribution is -0.155. The van der Waals surface area contributed by atoms with Crippen LogP contribution in [0.25, 0.3) is 0 Å². The van der Waals surface area contributed by atoms with Crippen LogP contribution < -0.4 is 0 Å². The molecule has 0 N–H and O–H groups in total. The topological polar surface area (TPSA) is 84.0 Å². The second kappa shape index (κ2) is 8.45. The van der Waals surface area contributed by atoms with Crippen molar-refractivity contribution >= 4 is 23.6 Å². The van der Waals surface area contributed by atoms with Crippen LogP contribution in [0.5, 0.6) is 0 Å². The largest absolute Gasteiger partial charge is 0.453 e. The average Bonchev–Trinajstić information content (AvgIpc) is 3.06. The van der Waals surface area contributed by atoms with Gasteiger partial charge >= 0.3 is 5.97 Å². The van der Waals surface area contributed by atoms with Gasteiger partial charge < -0.3 is 14.5 Å². The fraction of sp³-hybridized carbons (Fsp3) is 0.840. The van der Waals surface area contributed by atoms with E-state index in [-0.39, 0.29) is 42.5 Å². The fourth-order valence-corrected chi connectivity index (χ4v) is 7.42. The summed E-state index contributed by atoms with van der Waals surface area (Å²) in [6.07, 6.45) is 12.7. The highest BCUT2D eigenvalue weighted by atomic mass is 16.6. The summed E-state index contributed by atoms with van der Waals surface area (Å²) < 4.78 is 6.04. The van der Waals surface area contributed by atoms with Gasteiger partial charge in [-0.2, -0.15) is 0 Å². The quantitative estimate of drug-likeness (QED) is 0.491. The minimum atomic E-state index is -1.20. The van der Waals surface area contributed by atoms with E-state index >= 15 is 0 Å². The van der Waals surface area contributed by atoms with Crippen LogP contribution in [0.4, 0.5) is 0 Å². The SMILES string of the molecule is CC(=O)CC1N(C2CCCCCC2)C(=O)C2N(C3CCCCCC3)C(=O)C3CC(=O)OC312. The molecule has 7 heteroatoms. The molecule has 7 nitrogen and oxygen atoms in total. The zero-order chi connectivity index (χ0) is 22.5. The maximum absolute atomic E-state index is 14.1. The molecule has 3 heterocycles. The van der Waals surface area contributed by atoms with Crippen molar-refractivity contribution in [2.45, 2.75) is 127 Å². The molecule has 5 fully saturated rings. The molecule has 5 rings (SSSR count). The Bertz CT molecular complexity index is 796. The normalized spacial score (nSPS) is 36.7. The standard InChI is InChI=1S/C25H36N2O5/c1-16(28)14-20-25-19(15-21(29)32-25)23(30)27(18-12-8-4-5-9-13-18)22(25)24(31)26(20)17-10-6-2-3-7-11-17/h17-20,22H,2-15H2,1H3. The van der Waals surface area contributed by atoms with Crippen LogP contribution in [0.3, 0.4) is 0 Å². The van der Waals surface area contributed by atoms with Gasteiger partial charge in [-0.15, -0.1) is 0 Å². The third kappa shape index (κ3) is 3.29. The second-order valence-electron chi connectivity index (χ2n) is 10.7. The number of hydrogen-bond acceptors (Lipinski definition) is 5. The Morgan fingerprint density at radius 1 is 0.844 bits per heavy atom. The lowest BCUT2D eigenvalue weighted by Gasteiger charge is -2.38. The third-order valence-electron chi connectivity index (χ3n) is 8.73. The van der Waals surface area contributed by atoms with Crippen LogP contribution in [-0.2, 0) is 23.9 Å². The molecule has 2 aliphatic carbocycles. The number of carbonyl (C=O) groups is 4. The smallest absolute Gasteiger partial charge is 0.307 e. The van der Waals surface area contributed by atoms with Crippen molar-refractivity contribution in [1.29, 1.82) is 0 Å². The molecule has 4 unspecified atom stereocenters. The average molecular weight is 445 g/mol. The van der Waals surface area contributed by atoms with E-state index in [4.69, 9.17) is 4.74 Å². The molecule has 1 spiro atoms. The number of nitrogens with zero attached hydrogens (tertiary/aromatic N) is 2. The lowest BCUT2D eigenvalue weighted by Crippen LogP contribution is -2.54. The Balaban J connectivity index is 1.58. The van der Waals surface area contributed by atoms with Gasteiger partial charge in [0.25, 0.3) is 0 Å². The summed E-state index contributed by atoms with van der Waals surface area (Å²) in [6, 6.07) is -1.22. The predicted molar refractivity (Wildman–Crippen MR) is 116 cm³/mol. The van der Waals surface area contributed by atoms with E-state index in [9.17, 15) is 19.2 Å². The number of ketones is 1. The van der Waals surface area contributed by atoms with E-state index in [1.54, 1.807) is 0 Å². The number of rotatable bonds is 4. The summed E-state index contributed by atoms with van der Waals surface area (Å²) in [6.45, 7) is 1.53. The summed E-state index contributed by atoms with van der Waals surface area (Å²) in [4.78, 5) is 56.5. The van der Waals surface area contributed by atoms with Gasteiger partial charge in [0.1, 0.15) is 5.78 Å². The van der Waals surface area contributed by atoms with Crippen molar-refractivity contribution in [3.8, 4) is 0 Å². The van der Waals surface area contributed by atoms with E-state index in [2.05, 4.69) is 0 Å². The van der Waals surface area contributed by atoms with E-state index in [0.29, 0.717) is 0 Å². The molecule has 2 saturated carbocycles. The Labute approximate surface area is 190 Å². The van der Waals surface area contributed by atoms with Crippen molar-refractivity contribution in [2.75, 3.05) is 0 Å². The minimum Gasteiger partial charge on any atom is -0.453 e. The van der Waals surface area contributed by atoms with Gasteiger partial charge in [-0.3, -0.25) is 19.2 Å². The summed E-state index contributed by atoms with van der Waals surface area (Å²) in [5.74, 6) is -1.27. The van der Waals surface area contributed by atoms with Gasteiger partial charge in [-0.05, 0) is 32.6 Å². The van der Waals surface area contributed by atoms with Crippen LogP contribution in [0.2, 0.25) is 0 Å². The number of ether oxygens (including phenoxy) is 1. The minimum absolute atomic E-state index is 0.0205. The van der Waals surface area contributed by atoms with E-state index in [0.717, 1.165) is 77.0 Å². The van der Waals surface area contributed by atoms with E-state index < -0.39 is 29.6 Å². The molecule has 0 aromatic heterocycles. The monoisotopic (exact) mass is 444 g/mol. The summed E-state index contributed by atoms with van der Waals surface area (Å²) >= 11 is 0. The van der Waals surface area contributed by atoms with Gasteiger partial charge in [0.15, 0.2) is 11.6 Å². The Kier molecular flexibility index (Phi) is 5.79. The molecular formula is C25H36N2O5. The lowest BCUT2D eigenvalue weighted by atomic mass is 9.79. The number of esters is 1. The highest BCUT2D eigenvalue weighted by Crippen LogP contribution is 2.56. The van der Waals surface area contributed by atoms with Gasteiger partial charge in [0.05, 0.1) is 18.4 Å². The van der Waals surface area contributed by atoms with E-state index in [1.165, 1.54) is 6.92 Å². The zero-order valence-corrected chi connectivity index (χ0v) is 19.2. The van der Waals surface area contributed by atoms with Crippen LogP contribution in [0, 0.1) is 5.92 Å². The molecule has 176 valence electrons. The third-order valence-corrected chi connectivity index (χ3v) is 8.73. The molecule has 2 amide bonds. The highest BCUT2D eigenvalue weighted by molar-refractivity contribution is 6.02. The molecule has 32 heavy (non-hydrogen) atoms. The van der Waals surface area contributed by atoms with Crippen LogP contribution >= 0.6 is 0 Å². The first kappa shape index (κ1) is 21.9. The first-order valence-electron chi connectivity index (χ1n) is 12.8. The predicted octanol–water partition coefficient (Wildman–Crippen LogP) is 3.13. The second-order valence-corrected chi connectivity index (χ2v) is 10.7. The first-order chi connectivity index (χ1) is 15.4. The van der Waals surface area contributed by atoms with Gasteiger partial charge in [0, 0.05) is 18.5 Å². The van der Waals surface area contributed by atoms with Crippen molar-refractivity contribution in [3.63, 3.8) is 0 Å². The van der Waals surface area contributed by atoms with Gasteiger partial charge in [-0.25, -0.2) is 0 Å². The Hall–Kier alpha value is -1.92. The summed E-state index contributed by atoms with van der Waals surface area (Å²) in [5, 5.41) is 0. The number of carbonyl (C=O) groups excluding carboxylic acids is 4. The molecule has 0 radical (unpaired) electrons. The highest BCUT2D eigenvalue weighted by Gasteiger charge is 2.77. The van der Waals surface area contributed by atoms with Gasteiger partial charge in [-0.1, -0.05) is 51.4 Å². The van der Waals surface area contributed by atoms with Crippen molar-refractivity contribution in [3.05, 3.63) is 0 Å². The van der Waals surface area contributed by atoms with Crippen molar-refractivity contribution in [2.24, 2.45) is 5.92 Å². The first-order valence-corrected chi connectivity index (χ1v) is 12.8. The zero-order valence-electron chi connectivity index (χ0n) is 19.2. The molecule has 5 aliphatic rings. The van der Waals surface area contributed by atoms with Crippen LogP contribution in [0.1, 0.15) is 96.8 Å². The molecule has 0 aromatic rings. The van der Waals surface area contributed by atoms with Crippen LogP contribution in [0.15, 0.2) is 0 Å². The maximum atomic E-state index is 14.1. The Morgan fingerprint density at radius 3 is 1.91 bits per heavy atom. The van der Waals surface area contributed by atoms with E-state index in [1.807, 2.05) is 9.80 Å². The maximum Gasteiger partial charge on any atom is 0.307 e. The molecule has 4 atom stereocenters. The van der Waals surface area contributed by atoms with Crippen molar-refractivity contribution in [1.82, 2.24) is 9.80 Å². The summed E-state index contributed by atoms with van der Waals surface area (Å²) in [5.41, 5.74) is -1.20.